The number of para-hydroxylation sites is 1. The van der Waals surface area contributed by atoms with E-state index in [-0.39, 0.29) is 5.56 Å². The van der Waals surface area contributed by atoms with Gasteiger partial charge in [-0.25, -0.2) is 0 Å². The van der Waals surface area contributed by atoms with E-state index in [1.54, 1.807) is 24.3 Å². The molecule has 0 aliphatic carbocycles. The summed E-state index contributed by atoms with van der Waals surface area (Å²) in [6, 6.07) is 16.3. The number of aryl methyl sites for hydroxylation is 1. The molecule has 0 saturated heterocycles. The third-order valence-electron chi connectivity index (χ3n) is 5.62. The molecule has 2 aromatic carbocycles. The number of nitrogens with zero attached hydrogens (tertiary/aromatic N) is 1. The zero-order valence-electron chi connectivity index (χ0n) is 18.2. The van der Waals surface area contributed by atoms with Crippen LogP contribution in [0.5, 0.6) is 5.75 Å². The van der Waals surface area contributed by atoms with Crippen LogP contribution in [0.3, 0.4) is 0 Å². The molecule has 32 heavy (non-hydrogen) atoms. The lowest BCUT2D eigenvalue weighted by Gasteiger charge is -2.31. The van der Waals surface area contributed by atoms with Gasteiger partial charge in [0.2, 0.25) is 11.8 Å². The van der Waals surface area contributed by atoms with Crippen molar-refractivity contribution in [2.45, 2.75) is 32.9 Å². The molecule has 166 valence electrons. The molecule has 2 atom stereocenters. The van der Waals surface area contributed by atoms with Gasteiger partial charge in [0.15, 0.2) is 0 Å². The molecule has 3 amide bonds. The fraction of sp³-hybridized carbons (Fsp3) is 0.250. The molecule has 8 heteroatoms. The van der Waals surface area contributed by atoms with E-state index in [1.165, 1.54) is 13.8 Å². The zero-order valence-corrected chi connectivity index (χ0v) is 18.2. The summed E-state index contributed by atoms with van der Waals surface area (Å²) in [7, 11) is 0. The van der Waals surface area contributed by atoms with Crippen molar-refractivity contribution in [3.8, 4) is 5.75 Å². The molecule has 1 aromatic heterocycles. The summed E-state index contributed by atoms with van der Waals surface area (Å²) < 4.78 is 5.90. The molecule has 8 nitrogen and oxygen atoms in total. The number of amides is 3. The van der Waals surface area contributed by atoms with E-state index >= 15 is 0 Å². The number of hydrogen-bond donors (Lipinski definition) is 3. The molecule has 0 aliphatic heterocycles. The van der Waals surface area contributed by atoms with Crippen LogP contribution in [0.15, 0.2) is 54.6 Å². The summed E-state index contributed by atoms with van der Waals surface area (Å²) >= 11 is 0. The molecule has 0 saturated carbocycles. The molecule has 0 fully saturated rings. The number of carbonyl (C=O) groups is 3. The molecule has 0 spiro atoms. The van der Waals surface area contributed by atoms with Crippen molar-refractivity contribution in [3.63, 3.8) is 0 Å². The van der Waals surface area contributed by atoms with Gasteiger partial charge in [-0.2, -0.15) is 0 Å². The average molecular weight is 434 g/mol. The molecule has 0 aliphatic rings. The second-order valence-corrected chi connectivity index (χ2v) is 7.90. The maximum atomic E-state index is 12.6. The monoisotopic (exact) mass is 434 g/mol. The highest BCUT2D eigenvalue weighted by atomic mass is 16.5. The summed E-state index contributed by atoms with van der Waals surface area (Å²) in [6.07, 6.45) is 0. The number of benzene rings is 2. The van der Waals surface area contributed by atoms with Crippen LogP contribution in [0, 0.1) is 12.8 Å². The first-order valence-corrected chi connectivity index (χ1v) is 10.1. The molecule has 1 heterocycles. The van der Waals surface area contributed by atoms with Crippen LogP contribution in [-0.4, -0.2) is 28.2 Å². The minimum atomic E-state index is -1.61. The predicted molar refractivity (Wildman–Crippen MR) is 121 cm³/mol. The van der Waals surface area contributed by atoms with Gasteiger partial charge in [-0.05, 0) is 50.2 Å². The Labute approximate surface area is 186 Å². The van der Waals surface area contributed by atoms with Crippen molar-refractivity contribution in [2.75, 3.05) is 0 Å². The van der Waals surface area contributed by atoms with Crippen molar-refractivity contribution in [2.24, 2.45) is 17.4 Å². The van der Waals surface area contributed by atoms with E-state index in [2.05, 4.69) is 10.3 Å². The van der Waals surface area contributed by atoms with Gasteiger partial charge in [-0.15, -0.1) is 0 Å². The van der Waals surface area contributed by atoms with Gasteiger partial charge >= 0.3 is 0 Å². The van der Waals surface area contributed by atoms with E-state index in [0.29, 0.717) is 12.4 Å². The Balaban J connectivity index is 1.72. The lowest BCUT2D eigenvalue weighted by molar-refractivity contribution is -0.132. The Bertz CT molecular complexity index is 1180. The van der Waals surface area contributed by atoms with Crippen molar-refractivity contribution < 1.29 is 19.1 Å². The van der Waals surface area contributed by atoms with Gasteiger partial charge in [0, 0.05) is 22.2 Å². The fourth-order valence-corrected chi connectivity index (χ4v) is 3.35. The number of primary amides is 2. The lowest BCUT2D eigenvalue weighted by atomic mass is 9.85. The highest BCUT2D eigenvalue weighted by Gasteiger charge is 2.41. The van der Waals surface area contributed by atoms with Crippen LogP contribution in [0.2, 0.25) is 0 Å². The number of nitrogens with two attached hydrogens (primary N) is 2. The number of carbonyl (C=O) groups excluding carboxylic acids is 3. The Hall–Kier alpha value is -3.94. The van der Waals surface area contributed by atoms with Crippen LogP contribution in [0.25, 0.3) is 10.9 Å². The molecule has 0 radical (unpaired) electrons. The lowest BCUT2D eigenvalue weighted by Crippen LogP contribution is -2.61. The summed E-state index contributed by atoms with van der Waals surface area (Å²) in [5, 5.41) is 3.55. The van der Waals surface area contributed by atoms with Crippen molar-refractivity contribution in [1.82, 2.24) is 10.3 Å². The first-order valence-electron chi connectivity index (χ1n) is 10.1. The van der Waals surface area contributed by atoms with Gasteiger partial charge in [0.1, 0.15) is 17.9 Å². The summed E-state index contributed by atoms with van der Waals surface area (Å²) in [5.74, 6) is -2.55. The molecular formula is C24H26N4O4. The van der Waals surface area contributed by atoms with E-state index < -0.39 is 29.2 Å². The number of pyridine rings is 1. The number of ether oxygens (including phenoxy) is 1. The highest BCUT2D eigenvalue weighted by Crippen LogP contribution is 2.22. The smallest absolute Gasteiger partial charge is 0.252 e. The minimum Gasteiger partial charge on any atom is -0.489 e. The number of hydrogen-bond acceptors (Lipinski definition) is 5. The maximum Gasteiger partial charge on any atom is 0.252 e. The van der Waals surface area contributed by atoms with Crippen molar-refractivity contribution >= 4 is 28.6 Å². The summed E-state index contributed by atoms with van der Waals surface area (Å²) in [5.41, 5.74) is 12.2. The topological polar surface area (TPSA) is 137 Å². The number of nitrogens with one attached hydrogen (secondary N) is 1. The van der Waals surface area contributed by atoms with Gasteiger partial charge in [0.05, 0.1) is 11.4 Å². The number of fused-ring (bicyclic) bond motifs is 1. The molecule has 3 aromatic rings. The van der Waals surface area contributed by atoms with Crippen molar-refractivity contribution in [3.05, 3.63) is 71.4 Å². The summed E-state index contributed by atoms with van der Waals surface area (Å²) in [4.78, 5) is 40.6. The van der Waals surface area contributed by atoms with Crippen molar-refractivity contribution in [1.29, 1.82) is 0 Å². The molecule has 5 N–H and O–H groups in total. The van der Waals surface area contributed by atoms with Crippen LogP contribution >= 0.6 is 0 Å². The highest BCUT2D eigenvalue weighted by molar-refractivity contribution is 6.01. The second kappa shape index (κ2) is 9.05. The fourth-order valence-electron chi connectivity index (χ4n) is 3.35. The second-order valence-electron chi connectivity index (χ2n) is 7.90. The van der Waals surface area contributed by atoms with Crippen LogP contribution in [-0.2, 0) is 16.2 Å². The largest absolute Gasteiger partial charge is 0.489 e. The van der Waals surface area contributed by atoms with Gasteiger partial charge in [-0.1, -0.05) is 25.1 Å². The number of rotatable bonds is 8. The minimum absolute atomic E-state index is 0.284. The van der Waals surface area contributed by atoms with Gasteiger partial charge in [0.25, 0.3) is 5.91 Å². The Kier molecular flexibility index (Phi) is 6.43. The SMILES string of the molecule is Cc1cc(COc2ccc(C(=O)NC(C)(C(N)=O)C(C)C(N)=O)cc2)c2ccccc2n1. The Morgan fingerprint density at radius 1 is 1.09 bits per heavy atom. The van der Waals surface area contributed by atoms with Gasteiger partial charge in [-0.3, -0.25) is 19.4 Å². The quantitative estimate of drug-likeness (QED) is 0.499. The number of aromatic nitrogens is 1. The summed E-state index contributed by atoms with van der Waals surface area (Å²) in [6.45, 7) is 5.09. The van der Waals surface area contributed by atoms with E-state index in [4.69, 9.17) is 16.2 Å². The third-order valence-corrected chi connectivity index (χ3v) is 5.62. The van der Waals surface area contributed by atoms with E-state index in [1.807, 2.05) is 37.3 Å². The Morgan fingerprint density at radius 2 is 1.75 bits per heavy atom. The normalized spacial score (nSPS) is 13.7. The predicted octanol–water partition coefficient (Wildman–Crippen LogP) is 2.22. The molecule has 2 unspecified atom stereocenters. The standard InChI is InChI=1S/C24H26N4O4/c1-14-12-17(19-6-4-5-7-20(19)27-14)13-32-18-10-8-16(9-11-18)22(30)28-24(3,23(26)31)15(2)21(25)29/h4-12,15H,13H2,1-3H3,(H2,25,29)(H2,26,31)(H,28,30). The van der Waals surface area contributed by atoms with E-state index in [9.17, 15) is 14.4 Å². The van der Waals surface area contributed by atoms with Crippen LogP contribution in [0.4, 0.5) is 0 Å². The van der Waals surface area contributed by atoms with Crippen LogP contribution < -0.4 is 21.5 Å². The molecule has 3 rings (SSSR count). The first-order chi connectivity index (χ1) is 15.1. The van der Waals surface area contributed by atoms with E-state index in [0.717, 1.165) is 22.2 Å². The maximum absolute atomic E-state index is 12.6. The average Bonchev–Trinajstić information content (AvgIpc) is 2.76. The Morgan fingerprint density at radius 3 is 2.38 bits per heavy atom. The molecule has 0 bridgehead atoms. The van der Waals surface area contributed by atoms with Gasteiger partial charge < -0.3 is 21.5 Å². The zero-order chi connectivity index (χ0) is 23.5. The third kappa shape index (κ3) is 4.69. The first kappa shape index (κ1) is 22.7. The van der Waals surface area contributed by atoms with Crippen LogP contribution in [0.1, 0.15) is 35.5 Å². The molecular weight excluding hydrogens is 408 g/mol.